The fourth-order valence-corrected chi connectivity index (χ4v) is 2.71. The minimum atomic E-state index is -0.590. The predicted molar refractivity (Wildman–Crippen MR) is 102 cm³/mol. The molecule has 0 aliphatic rings. The normalized spacial score (nSPS) is 11.4. The van der Waals surface area contributed by atoms with E-state index in [9.17, 15) is 14.4 Å². The van der Waals surface area contributed by atoms with Crippen molar-refractivity contribution in [2.24, 2.45) is 0 Å². The Morgan fingerprint density at radius 3 is 2.26 bits per heavy atom. The van der Waals surface area contributed by atoms with Crippen molar-refractivity contribution in [2.45, 2.75) is 12.8 Å². The van der Waals surface area contributed by atoms with E-state index in [1.165, 1.54) is 0 Å². The molecule has 0 fully saturated rings. The van der Waals surface area contributed by atoms with Crippen molar-refractivity contribution in [1.82, 2.24) is 0 Å². The SMILES string of the molecule is CC(C(=O)Oc1ccccc1C=O)c1cccc(C(=O)c2ccccc2)c1. The molecular weight excluding hydrogens is 340 g/mol. The quantitative estimate of drug-likeness (QED) is 0.283. The van der Waals surface area contributed by atoms with E-state index in [4.69, 9.17) is 4.74 Å². The summed E-state index contributed by atoms with van der Waals surface area (Å²) in [6.07, 6.45) is 0.645. The fraction of sp³-hybridized carbons (Fsp3) is 0.0870. The van der Waals surface area contributed by atoms with Crippen molar-refractivity contribution in [3.63, 3.8) is 0 Å². The first kappa shape index (κ1) is 18.3. The Kier molecular flexibility index (Phi) is 5.57. The van der Waals surface area contributed by atoms with E-state index in [1.807, 2.05) is 18.2 Å². The Bertz CT molecular complexity index is 976. The van der Waals surface area contributed by atoms with Gasteiger partial charge in [0.25, 0.3) is 0 Å². The third-order valence-corrected chi connectivity index (χ3v) is 4.29. The minimum Gasteiger partial charge on any atom is -0.425 e. The highest BCUT2D eigenvalue weighted by Crippen LogP contribution is 2.23. The van der Waals surface area contributed by atoms with Crippen LogP contribution in [-0.2, 0) is 4.79 Å². The van der Waals surface area contributed by atoms with Crippen molar-refractivity contribution in [1.29, 1.82) is 0 Å². The highest BCUT2D eigenvalue weighted by molar-refractivity contribution is 6.09. The van der Waals surface area contributed by atoms with Gasteiger partial charge in [-0.1, -0.05) is 60.7 Å². The molecule has 0 spiro atoms. The van der Waals surface area contributed by atoms with Crippen LogP contribution in [0.4, 0.5) is 0 Å². The van der Waals surface area contributed by atoms with Crippen molar-refractivity contribution in [3.05, 3.63) is 101 Å². The van der Waals surface area contributed by atoms with E-state index in [1.54, 1.807) is 67.6 Å². The van der Waals surface area contributed by atoms with Crippen LogP contribution in [0, 0.1) is 0 Å². The Balaban J connectivity index is 1.81. The van der Waals surface area contributed by atoms with Gasteiger partial charge in [-0.15, -0.1) is 0 Å². The van der Waals surface area contributed by atoms with Crippen LogP contribution in [0.15, 0.2) is 78.9 Å². The second-order valence-electron chi connectivity index (χ2n) is 6.12. The molecule has 0 aromatic heterocycles. The lowest BCUT2D eigenvalue weighted by atomic mass is 9.96. The summed E-state index contributed by atoms with van der Waals surface area (Å²) < 4.78 is 5.38. The van der Waals surface area contributed by atoms with Crippen LogP contribution >= 0.6 is 0 Å². The Morgan fingerprint density at radius 2 is 1.52 bits per heavy atom. The molecule has 27 heavy (non-hydrogen) atoms. The lowest BCUT2D eigenvalue weighted by Gasteiger charge is -2.13. The van der Waals surface area contributed by atoms with Gasteiger partial charge in [-0.25, -0.2) is 0 Å². The smallest absolute Gasteiger partial charge is 0.318 e. The van der Waals surface area contributed by atoms with Gasteiger partial charge < -0.3 is 4.74 Å². The molecule has 1 atom stereocenters. The van der Waals surface area contributed by atoms with Gasteiger partial charge in [-0.2, -0.15) is 0 Å². The van der Waals surface area contributed by atoms with Crippen LogP contribution in [0.1, 0.15) is 44.7 Å². The molecule has 3 aromatic rings. The number of rotatable bonds is 6. The standard InChI is InChI=1S/C23H18O4/c1-16(23(26)27-21-13-6-5-10-20(21)15-24)18-11-7-12-19(14-18)22(25)17-8-3-2-4-9-17/h2-16H,1H3. The molecule has 0 heterocycles. The van der Waals surface area contributed by atoms with Gasteiger partial charge in [0.2, 0.25) is 0 Å². The van der Waals surface area contributed by atoms with Crippen molar-refractivity contribution < 1.29 is 19.1 Å². The van der Waals surface area contributed by atoms with E-state index in [0.717, 1.165) is 0 Å². The van der Waals surface area contributed by atoms with Crippen LogP contribution in [0.5, 0.6) is 5.75 Å². The molecule has 0 N–H and O–H groups in total. The number of carbonyl (C=O) groups is 3. The molecule has 0 saturated heterocycles. The lowest BCUT2D eigenvalue weighted by Crippen LogP contribution is -2.17. The number of ether oxygens (including phenoxy) is 1. The van der Waals surface area contributed by atoms with Gasteiger partial charge in [-0.3, -0.25) is 14.4 Å². The average molecular weight is 358 g/mol. The van der Waals surface area contributed by atoms with Crippen LogP contribution in [0.3, 0.4) is 0 Å². The molecule has 1 unspecified atom stereocenters. The zero-order valence-corrected chi connectivity index (χ0v) is 14.8. The molecule has 4 nitrogen and oxygen atoms in total. The topological polar surface area (TPSA) is 60.4 Å². The number of ketones is 1. The average Bonchev–Trinajstić information content (AvgIpc) is 2.73. The van der Waals surface area contributed by atoms with Gasteiger partial charge in [0.1, 0.15) is 5.75 Å². The van der Waals surface area contributed by atoms with E-state index in [2.05, 4.69) is 0 Å². The maximum Gasteiger partial charge on any atom is 0.318 e. The Morgan fingerprint density at radius 1 is 0.852 bits per heavy atom. The monoisotopic (exact) mass is 358 g/mol. The highest BCUT2D eigenvalue weighted by Gasteiger charge is 2.20. The third-order valence-electron chi connectivity index (χ3n) is 4.29. The third kappa shape index (κ3) is 4.18. The molecule has 0 radical (unpaired) electrons. The molecule has 4 heteroatoms. The maximum absolute atomic E-state index is 12.6. The first-order valence-electron chi connectivity index (χ1n) is 8.55. The van der Waals surface area contributed by atoms with Gasteiger partial charge in [0, 0.05) is 11.1 Å². The number of hydrogen-bond donors (Lipinski definition) is 0. The van der Waals surface area contributed by atoms with Gasteiger partial charge in [0.05, 0.1) is 11.5 Å². The molecule has 3 rings (SSSR count). The summed E-state index contributed by atoms with van der Waals surface area (Å²) in [5.74, 6) is -0.966. The number of carbonyl (C=O) groups excluding carboxylic acids is 3. The van der Waals surface area contributed by atoms with Crippen LogP contribution < -0.4 is 4.74 Å². The van der Waals surface area contributed by atoms with Gasteiger partial charge in [0.15, 0.2) is 12.1 Å². The van der Waals surface area contributed by atoms with Gasteiger partial charge >= 0.3 is 5.97 Å². The van der Waals surface area contributed by atoms with Crippen LogP contribution in [0.25, 0.3) is 0 Å². The maximum atomic E-state index is 12.6. The van der Waals surface area contributed by atoms with E-state index < -0.39 is 11.9 Å². The molecule has 0 aliphatic heterocycles. The minimum absolute atomic E-state index is 0.107. The molecule has 3 aromatic carbocycles. The zero-order chi connectivity index (χ0) is 19.2. The van der Waals surface area contributed by atoms with Crippen molar-refractivity contribution in [3.8, 4) is 5.75 Å². The van der Waals surface area contributed by atoms with E-state index in [0.29, 0.717) is 28.5 Å². The van der Waals surface area contributed by atoms with E-state index in [-0.39, 0.29) is 11.5 Å². The molecule has 134 valence electrons. The zero-order valence-electron chi connectivity index (χ0n) is 14.8. The van der Waals surface area contributed by atoms with Gasteiger partial charge in [-0.05, 0) is 30.7 Å². The first-order chi connectivity index (χ1) is 13.1. The summed E-state index contributed by atoms with van der Waals surface area (Å²) in [4.78, 5) is 36.2. The molecule has 0 saturated carbocycles. The number of hydrogen-bond acceptors (Lipinski definition) is 4. The lowest BCUT2D eigenvalue weighted by molar-refractivity contribution is -0.135. The van der Waals surface area contributed by atoms with Crippen molar-refractivity contribution >= 4 is 18.0 Å². The number of para-hydroxylation sites is 1. The summed E-state index contributed by atoms with van der Waals surface area (Å²) in [7, 11) is 0. The highest BCUT2D eigenvalue weighted by atomic mass is 16.5. The summed E-state index contributed by atoms with van der Waals surface area (Å²) in [5.41, 5.74) is 2.08. The van der Waals surface area contributed by atoms with E-state index >= 15 is 0 Å². The molecular formula is C23H18O4. The number of aldehydes is 1. The molecule has 0 bridgehead atoms. The number of esters is 1. The Labute approximate surface area is 157 Å². The summed E-state index contributed by atoms with van der Waals surface area (Å²) in [6.45, 7) is 1.71. The summed E-state index contributed by atoms with van der Waals surface area (Å²) >= 11 is 0. The molecule has 0 aliphatic carbocycles. The Hall–Kier alpha value is -3.53. The second kappa shape index (κ2) is 8.23. The molecule has 0 amide bonds. The largest absolute Gasteiger partial charge is 0.425 e. The van der Waals surface area contributed by atoms with Crippen molar-refractivity contribution in [2.75, 3.05) is 0 Å². The summed E-state index contributed by atoms with van der Waals surface area (Å²) in [5, 5.41) is 0. The second-order valence-corrected chi connectivity index (χ2v) is 6.12. The fourth-order valence-electron chi connectivity index (χ4n) is 2.71. The number of benzene rings is 3. The predicted octanol–water partition coefficient (Wildman–Crippen LogP) is 4.44. The van der Waals surface area contributed by atoms with Crippen LogP contribution in [0.2, 0.25) is 0 Å². The van der Waals surface area contributed by atoms with Crippen LogP contribution in [-0.4, -0.2) is 18.0 Å². The first-order valence-corrected chi connectivity index (χ1v) is 8.55. The summed E-state index contributed by atoms with van der Waals surface area (Å²) in [6, 6.07) is 22.5.